The van der Waals surface area contributed by atoms with Crippen molar-refractivity contribution in [2.45, 2.75) is 106 Å². The Labute approximate surface area is 136 Å². The van der Waals surface area contributed by atoms with Gasteiger partial charge in [0, 0.05) is 0 Å². The largest absolute Gasteiger partial charge is 0.0651 e. The van der Waals surface area contributed by atoms with E-state index in [1.165, 1.54) is 57.8 Å². The third kappa shape index (κ3) is 10.4. The molecule has 0 saturated heterocycles. The summed E-state index contributed by atoms with van der Waals surface area (Å²) in [5.41, 5.74) is 0. The molecule has 0 saturated carbocycles. The molecule has 0 N–H and O–H groups in total. The first-order valence-corrected chi connectivity index (χ1v) is 9.94. The zero-order valence-electron chi connectivity index (χ0n) is 16.3. The van der Waals surface area contributed by atoms with Crippen LogP contribution in [0, 0.1) is 29.6 Å². The highest BCUT2D eigenvalue weighted by Gasteiger charge is 2.18. The lowest BCUT2D eigenvalue weighted by molar-refractivity contribution is 0.257. The maximum atomic E-state index is 2.49. The van der Waals surface area contributed by atoms with Gasteiger partial charge in [-0.2, -0.15) is 0 Å². The van der Waals surface area contributed by atoms with Crippen LogP contribution in [0.5, 0.6) is 0 Å². The zero-order chi connectivity index (χ0) is 16.3. The molecule has 0 nitrogen and oxygen atoms in total. The topological polar surface area (TPSA) is 0 Å². The fraction of sp³-hybridized carbons (Fsp3) is 1.00. The van der Waals surface area contributed by atoms with E-state index >= 15 is 0 Å². The number of hydrogen-bond donors (Lipinski definition) is 0. The van der Waals surface area contributed by atoms with Crippen molar-refractivity contribution in [3.63, 3.8) is 0 Å². The fourth-order valence-electron chi connectivity index (χ4n) is 3.22. The highest BCUT2D eigenvalue weighted by Crippen LogP contribution is 2.30. The minimum Gasteiger partial charge on any atom is -0.0651 e. The Morgan fingerprint density at radius 1 is 0.571 bits per heavy atom. The predicted octanol–water partition coefficient (Wildman–Crippen LogP) is 7.72. The molecule has 0 aliphatic carbocycles. The van der Waals surface area contributed by atoms with Crippen LogP contribution in [0.25, 0.3) is 0 Å². The summed E-state index contributed by atoms with van der Waals surface area (Å²) >= 11 is 0. The summed E-state index contributed by atoms with van der Waals surface area (Å²) in [5, 5.41) is 0. The van der Waals surface area contributed by atoms with Crippen molar-refractivity contribution in [1.82, 2.24) is 0 Å². The van der Waals surface area contributed by atoms with Crippen LogP contribution in [0.1, 0.15) is 106 Å². The maximum absolute atomic E-state index is 2.49. The molecule has 5 atom stereocenters. The van der Waals surface area contributed by atoms with Crippen LogP contribution in [0.15, 0.2) is 0 Å². The number of hydrogen-bond acceptors (Lipinski definition) is 0. The van der Waals surface area contributed by atoms with Crippen molar-refractivity contribution in [1.29, 1.82) is 0 Å². The Bertz CT molecular complexity index is 220. The van der Waals surface area contributed by atoms with Gasteiger partial charge in [-0.15, -0.1) is 0 Å². The molecule has 128 valence electrons. The van der Waals surface area contributed by atoms with Crippen molar-refractivity contribution >= 4 is 0 Å². The molecule has 5 unspecified atom stereocenters. The minimum absolute atomic E-state index is 0.894. The van der Waals surface area contributed by atoms with E-state index < -0.39 is 0 Å². The van der Waals surface area contributed by atoms with Gasteiger partial charge >= 0.3 is 0 Å². The summed E-state index contributed by atoms with van der Waals surface area (Å²) in [6.45, 7) is 16.8. The first-order chi connectivity index (χ1) is 9.94. The molecule has 0 aromatic heterocycles. The van der Waals surface area contributed by atoms with Gasteiger partial charge in [0.1, 0.15) is 0 Å². The van der Waals surface area contributed by atoms with Crippen LogP contribution in [0.4, 0.5) is 0 Å². The normalized spacial score (nSPS) is 19.0. The summed E-state index contributed by atoms with van der Waals surface area (Å²) < 4.78 is 0. The molecular weight excluding hydrogens is 252 g/mol. The van der Waals surface area contributed by atoms with Crippen molar-refractivity contribution in [2.24, 2.45) is 29.6 Å². The molecule has 0 spiro atoms. The van der Waals surface area contributed by atoms with Crippen molar-refractivity contribution in [2.75, 3.05) is 0 Å². The second-order valence-electron chi connectivity index (χ2n) is 8.00. The van der Waals surface area contributed by atoms with Crippen LogP contribution < -0.4 is 0 Å². The summed E-state index contributed by atoms with van der Waals surface area (Å²) in [7, 11) is 0. The average Bonchev–Trinajstić information content (AvgIpc) is 2.50. The monoisotopic (exact) mass is 296 g/mol. The van der Waals surface area contributed by atoms with E-state index in [1.54, 1.807) is 0 Å². The van der Waals surface area contributed by atoms with Gasteiger partial charge in [0.25, 0.3) is 0 Å². The molecule has 0 aromatic rings. The van der Waals surface area contributed by atoms with Crippen LogP contribution in [0.3, 0.4) is 0 Å². The molecular formula is C21H44. The van der Waals surface area contributed by atoms with Gasteiger partial charge in [-0.3, -0.25) is 0 Å². The number of rotatable bonds is 13. The molecule has 0 heteroatoms. The van der Waals surface area contributed by atoms with E-state index in [-0.39, 0.29) is 0 Å². The van der Waals surface area contributed by atoms with Gasteiger partial charge in [-0.05, 0) is 36.0 Å². The first-order valence-electron chi connectivity index (χ1n) is 9.94. The average molecular weight is 297 g/mol. The maximum Gasteiger partial charge on any atom is -0.0412 e. The SMILES string of the molecule is CCC(C)CCCC(CCC(C)CC)CC(C)C(C)CC. The van der Waals surface area contributed by atoms with E-state index in [4.69, 9.17) is 0 Å². The summed E-state index contributed by atoms with van der Waals surface area (Å²) in [4.78, 5) is 0. The summed E-state index contributed by atoms with van der Waals surface area (Å²) in [5.74, 6) is 4.62. The van der Waals surface area contributed by atoms with Crippen molar-refractivity contribution < 1.29 is 0 Å². The van der Waals surface area contributed by atoms with Gasteiger partial charge in [0.05, 0.1) is 0 Å². The zero-order valence-corrected chi connectivity index (χ0v) is 16.3. The Morgan fingerprint density at radius 2 is 1.14 bits per heavy atom. The molecule has 0 heterocycles. The molecule has 0 aromatic carbocycles. The van der Waals surface area contributed by atoms with E-state index in [9.17, 15) is 0 Å². The Hall–Kier alpha value is 0. The fourth-order valence-corrected chi connectivity index (χ4v) is 3.22. The first kappa shape index (κ1) is 21.0. The smallest absolute Gasteiger partial charge is 0.0412 e. The van der Waals surface area contributed by atoms with Gasteiger partial charge in [-0.1, -0.05) is 99.8 Å². The Balaban J connectivity index is 4.26. The molecule has 0 aliphatic heterocycles. The van der Waals surface area contributed by atoms with Crippen LogP contribution in [0.2, 0.25) is 0 Å². The molecule has 0 radical (unpaired) electrons. The highest BCUT2D eigenvalue weighted by molar-refractivity contribution is 4.69. The van der Waals surface area contributed by atoms with Gasteiger partial charge < -0.3 is 0 Å². The van der Waals surface area contributed by atoms with Crippen LogP contribution >= 0.6 is 0 Å². The van der Waals surface area contributed by atoms with E-state index in [0.717, 1.165) is 29.6 Å². The lowest BCUT2D eigenvalue weighted by Crippen LogP contribution is -2.14. The van der Waals surface area contributed by atoms with Crippen molar-refractivity contribution in [3.05, 3.63) is 0 Å². The van der Waals surface area contributed by atoms with Crippen LogP contribution in [-0.2, 0) is 0 Å². The molecule has 0 fully saturated rings. The quantitative estimate of drug-likeness (QED) is 0.326. The molecule has 21 heavy (non-hydrogen) atoms. The van der Waals surface area contributed by atoms with E-state index in [1.807, 2.05) is 0 Å². The molecule has 0 aliphatic rings. The second kappa shape index (κ2) is 12.5. The standard InChI is InChI=1S/C21H44/c1-8-17(4)12-11-13-21(15-14-18(5)9-2)16-20(7)19(6)10-3/h17-21H,8-16H2,1-7H3. The van der Waals surface area contributed by atoms with E-state index in [0.29, 0.717) is 0 Å². The lowest BCUT2D eigenvalue weighted by Gasteiger charge is -2.26. The second-order valence-corrected chi connectivity index (χ2v) is 8.00. The Morgan fingerprint density at radius 3 is 1.67 bits per heavy atom. The van der Waals surface area contributed by atoms with Gasteiger partial charge in [0.2, 0.25) is 0 Å². The molecule has 0 amide bonds. The van der Waals surface area contributed by atoms with Gasteiger partial charge in [0.15, 0.2) is 0 Å². The predicted molar refractivity (Wildman–Crippen MR) is 98.7 cm³/mol. The molecule has 0 rings (SSSR count). The third-order valence-electron chi connectivity index (χ3n) is 6.09. The highest BCUT2D eigenvalue weighted by atomic mass is 14.2. The third-order valence-corrected chi connectivity index (χ3v) is 6.09. The van der Waals surface area contributed by atoms with E-state index in [2.05, 4.69) is 48.5 Å². The lowest BCUT2D eigenvalue weighted by atomic mass is 9.80. The molecule has 0 bridgehead atoms. The summed E-state index contributed by atoms with van der Waals surface area (Å²) in [6, 6.07) is 0. The van der Waals surface area contributed by atoms with Crippen LogP contribution in [-0.4, -0.2) is 0 Å². The minimum atomic E-state index is 0.894. The van der Waals surface area contributed by atoms with Crippen molar-refractivity contribution in [3.8, 4) is 0 Å². The summed E-state index contributed by atoms with van der Waals surface area (Å²) in [6.07, 6.45) is 12.8. The van der Waals surface area contributed by atoms with Gasteiger partial charge in [-0.25, -0.2) is 0 Å². The Kier molecular flexibility index (Phi) is 12.5.